The van der Waals surface area contributed by atoms with E-state index in [1.807, 2.05) is 42.2 Å². The minimum atomic E-state index is 0.121. The summed E-state index contributed by atoms with van der Waals surface area (Å²) in [4.78, 5) is 16.4. The number of aromatic nitrogens is 6. The van der Waals surface area contributed by atoms with Crippen molar-refractivity contribution in [1.29, 1.82) is 0 Å². The first-order valence-electron chi connectivity index (χ1n) is 8.50. The largest absolute Gasteiger partial charge is 0.338 e. The van der Waals surface area contributed by atoms with E-state index in [1.54, 1.807) is 4.68 Å². The van der Waals surface area contributed by atoms with Gasteiger partial charge in [0.05, 0.1) is 11.4 Å². The second kappa shape index (κ2) is 8.01. The number of hydrogen-bond donors (Lipinski definition) is 0. The molecule has 1 aromatic carbocycles. The lowest BCUT2D eigenvalue weighted by molar-refractivity contribution is -0.128. The summed E-state index contributed by atoms with van der Waals surface area (Å²) < 4.78 is 2.56. The van der Waals surface area contributed by atoms with Gasteiger partial charge in [0.1, 0.15) is 5.01 Å². The Morgan fingerprint density at radius 3 is 2.59 bits per heavy atom. The van der Waals surface area contributed by atoms with Crippen LogP contribution in [0.3, 0.4) is 0 Å². The molecule has 0 atom stereocenters. The summed E-state index contributed by atoms with van der Waals surface area (Å²) in [6.07, 6.45) is 0. The lowest BCUT2D eigenvalue weighted by Gasteiger charge is -2.34. The number of piperazine rings is 1. The van der Waals surface area contributed by atoms with Gasteiger partial charge in [0.2, 0.25) is 11.9 Å². The molecule has 2 aromatic heterocycles. The summed E-state index contributed by atoms with van der Waals surface area (Å²) >= 11 is 2.96. The van der Waals surface area contributed by atoms with Crippen LogP contribution in [0.1, 0.15) is 5.01 Å². The molecule has 3 aromatic rings. The summed E-state index contributed by atoms with van der Waals surface area (Å²) in [5, 5.41) is 21.0. The lowest BCUT2D eigenvalue weighted by atomic mass is 10.3. The van der Waals surface area contributed by atoms with E-state index in [9.17, 15) is 4.79 Å². The topological polar surface area (TPSA) is 92.9 Å². The van der Waals surface area contributed by atoms with Crippen molar-refractivity contribution in [3.8, 4) is 5.69 Å². The molecule has 1 saturated heterocycles. The van der Waals surface area contributed by atoms with Gasteiger partial charge >= 0.3 is 0 Å². The number of amides is 1. The van der Waals surface area contributed by atoms with Crippen LogP contribution >= 0.6 is 23.1 Å². The maximum absolute atomic E-state index is 12.5. The van der Waals surface area contributed by atoms with Gasteiger partial charge in [-0.05, 0) is 29.5 Å². The first-order valence-corrected chi connectivity index (χ1v) is 10.3. The normalized spacial score (nSPS) is 14.6. The molecule has 0 aliphatic carbocycles. The fraction of sp³-hybridized carbons (Fsp3) is 0.375. The van der Waals surface area contributed by atoms with Gasteiger partial charge in [-0.2, -0.15) is 4.68 Å². The molecule has 0 bridgehead atoms. The van der Waals surface area contributed by atoms with Crippen LogP contribution in [0.5, 0.6) is 0 Å². The average Bonchev–Trinajstić information content (AvgIpc) is 3.36. The molecule has 1 amide bonds. The standard InChI is InChI=1S/C16H18N8OS2/c1-12-17-19-16(27-12)26-11-14(25)22-7-9-23(10-8-22)15-18-20-21-24(15)13-5-3-2-4-6-13/h2-6H,7-11H2,1H3. The van der Waals surface area contributed by atoms with E-state index >= 15 is 0 Å². The summed E-state index contributed by atoms with van der Waals surface area (Å²) in [6, 6.07) is 9.79. The van der Waals surface area contributed by atoms with Crippen LogP contribution in [0.4, 0.5) is 5.95 Å². The van der Waals surface area contributed by atoms with Crippen LogP contribution in [-0.2, 0) is 4.79 Å². The van der Waals surface area contributed by atoms with Crippen molar-refractivity contribution in [2.75, 3.05) is 36.8 Å². The number of tetrazole rings is 1. The molecule has 0 radical (unpaired) electrons. The highest BCUT2D eigenvalue weighted by molar-refractivity contribution is 8.01. The number of benzene rings is 1. The van der Waals surface area contributed by atoms with Crippen LogP contribution in [0.15, 0.2) is 34.7 Å². The van der Waals surface area contributed by atoms with Gasteiger partial charge < -0.3 is 9.80 Å². The predicted molar refractivity (Wildman–Crippen MR) is 103 cm³/mol. The summed E-state index contributed by atoms with van der Waals surface area (Å²) in [6.45, 7) is 4.60. The monoisotopic (exact) mass is 402 g/mol. The van der Waals surface area contributed by atoms with Gasteiger partial charge in [0.15, 0.2) is 4.34 Å². The minimum Gasteiger partial charge on any atom is -0.338 e. The number of anilines is 1. The van der Waals surface area contributed by atoms with Crippen molar-refractivity contribution >= 4 is 35.0 Å². The van der Waals surface area contributed by atoms with E-state index < -0.39 is 0 Å². The average molecular weight is 403 g/mol. The van der Waals surface area contributed by atoms with Gasteiger partial charge in [-0.25, -0.2) is 0 Å². The Hall–Kier alpha value is -2.53. The summed E-state index contributed by atoms with van der Waals surface area (Å²) in [7, 11) is 0. The van der Waals surface area contributed by atoms with E-state index in [4.69, 9.17) is 0 Å². The van der Waals surface area contributed by atoms with E-state index in [0.29, 0.717) is 37.9 Å². The Balaban J connectivity index is 1.34. The number of rotatable bonds is 5. The summed E-state index contributed by atoms with van der Waals surface area (Å²) in [5.74, 6) is 1.21. The highest BCUT2D eigenvalue weighted by Crippen LogP contribution is 2.23. The van der Waals surface area contributed by atoms with Crippen molar-refractivity contribution in [1.82, 2.24) is 35.3 Å². The summed E-state index contributed by atoms with van der Waals surface area (Å²) in [5.41, 5.74) is 0.916. The van der Waals surface area contributed by atoms with Crippen LogP contribution in [-0.4, -0.2) is 73.1 Å². The van der Waals surface area contributed by atoms with E-state index in [-0.39, 0.29) is 5.91 Å². The molecule has 0 N–H and O–H groups in total. The van der Waals surface area contributed by atoms with E-state index in [2.05, 4.69) is 30.6 Å². The zero-order valence-electron chi connectivity index (χ0n) is 14.7. The van der Waals surface area contributed by atoms with Crippen LogP contribution < -0.4 is 4.90 Å². The number of aryl methyl sites for hydroxylation is 1. The maximum Gasteiger partial charge on any atom is 0.250 e. The van der Waals surface area contributed by atoms with E-state index in [1.165, 1.54) is 23.1 Å². The molecule has 0 saturated carbocycles. The molecule has 3 heterocycles. The van der Waals surface area contributed by atoms with Gasteiger partial charge in [-0.1, -0.05) is 46.4 Å². The second-order valence-corrected chi connectivity index (χ2v) is 8.37. The number of carbonyl (C=O) groups excluding carboxylic acids is 1. The Kier molecular flexibility index (Phi) is 5.30. The molecule has 140 valence electrons. The molecule has 0 spiro atoms. The lowest BCUT2D eigenvalue weighted by Crippen LogP contribution is -2.50. The fourth-order valence-corrected chi connectivity index (χ4v) is 4.54. The molecule has 1 aliphatic heterocycles. The molecule has 11 heteroatoms. The third kappa shape index (κ3) is 4.08. The molecule has 1 aliphatic rings. The van der Waals surface area contributed by atoms with Crippen LogP contribution in [0.25, 0.3) is 5.69 Å². The SMILES string of the molecule is Cc1nnc(SCC(=O)N2CCN(c3nnnn3-c3ccccc3)CC2)s1. The minimum absolute atomic E-state index is 0.121. The highest BCUT2D eigenvalue weighted by atomic mass is 32.2. The van der Waals surface area contributed by atoms with Crippen LogP contribution in [0, 0.1) is 6.92 Å². The Labute approximate surface area is 164 Å². The van der Waals surface area contributed by atoms with Crippen molar-refractivity contribution in [3.05, 3.63) is 35.3 Å². The maximum atomic E-state index is 12.5. The number of carbonyl (C=O) groups is 1. The van der Waals surface area contributed by atoms with Gasteiger partial charge in [0.25, 0.3) is 0 Å². The van der Waals surface area contributed by atoms with Crippen molar-refractivity contribution in [3.63, 3.8) is 0 Å². The molecule has 9 nitrogen and oxygen atoms in total. The molecule has 27 heavy (non-hydrogen) atoms. The third-order valence-electron chi connectivity index (χ3n) is 4.20. The van der Waals surface area contributed by atoms with Crippen molar-refractivity contribution in [2.24, 2.45) is 0 Å². The first-order chi connectivity index (χ1) is 13.2. The van der Waals surface area contributed by atoms with Gasteiger partial charge in [0, 0.05) is 26.2 Å². The van der Waals surface area contributed by atoms with Crippen molar-refractivity contribution in [2.45, 2.75) is 11.3 Å². The third-order valence-corrected chi connectivity index (χ3v) is 6.15. The van der Waals surface area contributed by atoms with Gasteiger partial charge in [-0.15, -0.1) is 10.2 Å². The Morgan fingerprint density at radius 2 is 1.89 bits per heavy atom. The highest BCUT2D eigenvalue weighted by Gasteiger charge is 2.25. The number of para-hydroxylation sites is 1. The second-order valence-electron chi connectivity index (χ2n) is 5.97. The molecule has 1 fully saturated rings. The zero-order valence-corrected chi connectivity index (χ0v) is 16.4. The first kappa shape index (κ1) is 17.9. The van der Waals surface area contributed by atoms with E-state index in [0.717, 1.165) is 15.0 Å². The fourth-order valence-electron chi connectivity index (χ4n) is 2.82. The Morgan fingerprint density at radius 1 is 1.11 bits per heavy atom. The van der Waals surface area contributed by atoms with Gasteiger partial charge in [-0.3, -0.25) is 4.79 Å². The smallest absolute Gasteiger partial charge is 0.250 e. The number of thioether (sulfide) groups is 1. The Bertz CT molecular complexity index is 904. The molecule has 0 unspecified atom stereocenters. The van der Waals surface area contributed by atoms with Crippen molar-refractivity contribution < 1.29 is 4.79 Å². The van der Waals surface area contributed by atoms with Crippen LogP contribution in [0.2, 0.25) is 0 Å². The number of hydrogen-bond acceptors (Lipinski definition) is 9. The number of nitrogens with zero attached hydrogens (tertiary/aromatic N) is 8. The predicted octanol–water partition coefficient (Wildman–Crippen LogP) is 1.26. The molecule has 4 rings (SSSR count). The molecular formula is C16H18N8OS2. The quantitative estimate of drug-likeness (QED) is 0.589. The molecular weight excluding hydrogens is 384 g/mol. The zero-order chi connectivity index (χ0) is 18.6.